The molecule has 340 valence electrons. The minimum atomic E-state index is -4.66. The Labute approximate surface area is 366 Å². The first kappa shape index (κ1) is 56.7. The van der Waals surface area contributed by atoms with Crippen LogP contribution in [0.3, 0.4) is 0 Å². The van der Waals surface area contributed by atoms with E-state index in [2.05, 4.69) is 111 Å². The van der Waals surface area contributed by atoms with Crippen molar-refractivity contribution in [1.82, 2.24) is 0 Å². The molecule has 0 aromatic carbocycles. The first-order chi connectivity index (χ1) is 29.0. The van der Waals surface area contributed by atoms with Crippen LogP contribution in [0.25, 0.3) is 0 Å². The van der Waals surface area contributed by atoms with Crippen molar-refractivity contribution in [2.24, 2.45) is 0 Å². The van der Waals surface area contributed by atoms with Crippen LogP contribution < -0.4 is 4.89 Å². The molecule has 0 aromatic heterocycles. The smallest absolute Gasteiger partial charge is 0.306 e. The predicted octanol–water partition coefficient (Wildman–Crippen LogP) is 12.5. The molecular weight excluding hydrogens is 774 g/mol. The van der Waals surface area contributed by atoms with E-state index in [1.165, 1.54) is 32.1 Å². The monoisotopic (exact) mass is 856 g/mol. The lowest BCUT2D eigenvalue weighted by Gasteiger charge is -2.28. The summed E-state index contributed by atoms with van der Waals surface area (Å²) in [7, 11) is 1.08. The number of hydrogen-bond donors (Lipinski definition) is 0. The summed E-state index contributed by atoms with van der Waals surface area (Å²) < 4.78 is 33.8. The lowest BCUT2D eigenvalue weighted by Crippen LogP contribution is -2.37. The lowest BCUT2D eigenvalue weighted by molar-refractivity contribution is -0.870. The Balaban J connectivity index is 4.56. The highest BCUT2D eigenvalue weighted by Gasteiger charge is 2.21. The normalized spacial score (nSPS) is 14.6. The van der Waals surface area contributed by atoms with Crippen LogP contribution in [0.4, 0.5) is 0 Å². The van der Waals surface area contributed by atoms with Gasteiger partial charge in [-0.15, -0.1) is 0 Å². The number of quaternary nitrogens is 1. The quantitative estimate of drug-likeness (QED) is 0.0198. The Hall–Kier alpha value is -3.33. The molecule has 0 aliphatic carbocycles. The van der Waals surface area contributed by atoms with Crippen LogP contribution >= 0.6 is 7.82 Å². The fraction of sp³-hybridized carbons (Fsp3) is 0.600. The van der Waals surface area contributed by atoms with Crippen molar-refractivity contribution in [3.8, 4) is 0 Å². The maximum absolute atomic E-state index is 12.7. The second kappa shape index (κ2) is 41.0. The number of phosphoric ester groups is 1. The number of nitrogens with zero attached hydrogens (tertiary/aromatic N) is 1. The molecule has 0 aromatic rings. The first-order valence-electron chi connectivity index (χ1n) is 22.6. The van der Waals surface area contributed by atoms with Crippen LogP contribution in [0, 0.1) is 0 Å². The van der Waals surface area contributed by atoms with E-state index in [0.29, 0.717) is 23.9 Å². The summed E-state index contributed by atoms with van der Waals surface area (Å²) in [5, 5.41) is 0. The molecule has 9 nitrogen and oxygen atoms in total. The number of rotatable bonds is 39. The standard InChI is InChI=1S/C50H82NO8P/c1-6-8-10-12-14-16-18-20-22-24-25-27-29-31-33-35-37-39-41-43-50(53)59-48(47-58-60(54,55)57-45-44-51(3,4)5)46-56-49(52)42-40-38-36-34-32-30-28-26-23-21-19-17-15-13-11-9-7-2/h11,13-14,16-17,19-20,22-23,25-27,30-33,37,39,48H,6-10,12,15,18,21,24,28-29,34-36,38,40-47H2,1-5H3/b13-11+,16-14+,19-17+,22-20+,26-23+,27-25+,32-30+,33-31+,39-37+/t48-/m1/s1. The molecule has 0 fully saturated rings. The highest BCUT2D eigenvalue weighted by molar-refractivity contribution is 7.45. The number of hydrogen-bond acceptors (Lipinski definition) is 8. The van der Waals surface area contributed by atoms with Crippen molar-refractivity contribution in [2.45, 2.75) is 148 Å². The Bertz CT molecular complexity index is 1380. The van der Waals surface area contributed by atoms with Gasteiger partial charge in [0.25, 0.3) is 7.82 Å². The molecule has 0 radical (unpaired) electrons. The second-order valence-electron chi connectivity index (χ2n) is 15.7. The maximum atomic E-state index is 12.7. The Kier molecular flexibility index (Phi) is 38.8. The van der Waals surface area contributed by atoms with E-state index >= 15 is 0 Å². The fourth-order valence-corrected chi connectivity index (χ4v) is 5.94. The molecular formula is C50H82NO8P. The van der Waals surface area contributed by atoms with Crippen molar-refractivity contribution in [1.29, 1.82) is 0 Å². The van der Waals surface area contributed by atoms with Crippen LogP contribution in [0.1, 0.15) is 142 Å². The van der Waals surface area contributed by atoms with Crippen LogP contribution in [0.5, 0.6) is 0 Å². The maximum Gasteiger partial charge on any atom is 0.306 e. The number of unbranched alkanes of at least 4 members (excludes halogenated alkanes) is 7. The predicted molar refractivity (Wildman–Crippen MR) is 249 cm³/mol. The van der Waals surface area contributed by atoms with Crippen molar-refractivity contribution < 1.29 is 42.1 Å². The second-order valence-corrected chi connectivity index (χ2v) is 17.1. The fourth-order valence-electron chi connectivity index (χ4n) is 5.21. The Morgan fingerprint density at radius 2 is 0.967 bits per heavy atom. The van der Waals surface area contributed by atoms with Crippen LogP contribution in [0.15, 0.2) is 109 Å². The molecule has 0 saturated carbocycles. The zero-order valence-corrected chi connectivity index (χ0v) is 39.0. The summed E-state index contributed by atoms with van der Waals surface area (Å²) in [5.41, 5.74) is 0. The average Bonchev–Trinajstić information content (AvgIpc) is 3.20. The van der Waals surface area contributed by atoms with E-state index in [-0.39, 0.29) is 26.1 Å². The van der Waals surface area contributed by atoms with Crippen molar-refractivity contribution >= 4 is 19.8 Å². The number of phosphoric acid groups is 1. The van der Waals surface area contributed by atoms with Crippen LogP contribution in [-0.4, -0.2) is 70.0 Å². The number of carbonyl (C=O) groups excluding carboxylic acids is 2. The summed E-state index contributed by atoms with van der Waals surface area (Å²) in [4.78, 5) is 37.5. The van der Waals surface area contributed by atoms with Gasteiger partial charge in [-0.3, -0.25) is 14.2 Å². The summed E-state index contributed by atoms with van der Waals surface area (Å²) in [6.07, 6.45) is 55.6. The third kappa shape index (κ3) is 44.2. The molecule has 0 amide bonds. The number of esters is 2. The van der Waals surface area contributed by atoms with Gasteiger partial charge in [0.15, 0.2) is 6.10 Å². The van der Waals surface area contributed by atoms with E-state index in [9.17, 15) is 19.0 Å². The molecule has 0 N–H and O–H groups in total. The van der Waals surface area contributed by atoms with Crippen LogP contribution in [0.2, 0.25) is 0 Å². The number of likely N-dealkylation sites (N-methyl/N-ethyl adjacent to an activating group) is 1. The van der Waals surface area contributed by atoms with Gasteiger partial charge in [-0.1, -0.05) is 149 Å². The zero-order chi connectivity index (χ0) is 44.3. The Morgan fingerprint density at radius 3 is 1.43 bits per heavy atom. The van der Waals surface area contributed by atoms with Gasteiger partial charge in [0.2, 0.25) is 0 Å². The van der Waals surface area contributed by atoms with Gasteiger partial charge in [-0.25, -0.2) is 0 Å². The van der Waals surface area contributed by atoms with E-state index in [4.69, 9.17) is 18.5 Å². The van der Waals surface area contributed by atoms with Gasteiger partial charge in [0, 0.05) is 12.8 Å². The number of ether oxygens (including phenoxy) is 2. The molecule has 0 bridgehead atoms. The number of carbonyl (C=O) groups is 2. The molecule has 10 heteroatoms. The SMILES string of the molecule is CCC/C=C/C/C=C/C/C=C/C/C=C/CCCCCC(=O)OC[C@H](COP(=O)([O-])OCC[N+](C)(C)C)OC(=O)CC/C=C/C/C=C/C/C=C/C/C=C/C/C=C/CCCCC. The molecule has 0 spiro atoms. The molecule has 0 aliphatic rings. The third-order valence-electron chi connectivity index (χ3n) is 8.76. The highest BCUT2D eigenvalue weighted by Crippen LogP contribution is 2.38. The van der Waals surface area contributed by atoms with E-state index in [1.807, 2.05) is 33.3 Å². The molecule has 60 heavy (non-hydrogen) atoms. The van der Waals surface area contributed by atoms with E-state index < -0.39 is 32.5 Å². The molecule has 0 aliphatic heterocycles. The van der Waals surface area contributed by atoms with Gasteiger partial charge in [-0.2, -0.15) is 0 Å². The molecule has 2 atom stereocenters. The molecule has 1 unspecified atom stereocenters. The van der Waals surface area contributed by atoms with Gasteiger partial charge >= 0.3 is 11.9 Å². The van der Waals surface area contributed by atoms with Gasteiger partial charge < -0.3 is 27.9 Å². The topological polar surface area (TPSA) is 111 Å². The van der Waals surface area contributed by atoms with Gasteiger partial charge in [0.05, 0.1) is 27.7 Å². The Morgan fingerprint density at radius 1 is 0.517 bits per heavy atom. The lowest BCUT2D eigenvalue weighted by atomic mass is 10.1. The van der Waals surface area contributed by atoms with Crippen molar-refractivity contribution in [3.63, 3.8) is 0 Å². The third-order valence-corrected chi connectivity index (χ3v) is 9.72. The van der Waals surface area contributed by atoms with Gasteiger partial charge in [0.1, 0.15) is 19.8 Å². The molecule has 0 heterocycles. The molecule has 0 saturated heterocycles. The van der Waals surface area contributed by atoms with E-state index in [0.717, 1.165) is 70.6 Å². The number of allylic oxidation sites excluding steroid dienone is 18. The summed E-state index contributed by atoms with van der Waals surface area (Å²) in [6.45, 7) is 3.97. The average molecular weight is 856 g/mol. The first-order valence-corrected chi connectivity index (χ1v) is 24.1. The van der Waals surface area contributed by atoms with Crippen LogP contribution in [-0.2, 0) is 32.7 Å². The van der Waals surface area contributed by atoms with Gasteiger partial charge in [-0.05, 0) is 89.9 Å². The minimum absolute atomic E-state index is 0.0561. The summed E-state index contributed by atoms with van der Waals surface area (Å²) in [6, 6.07) is 0. The summed E-state index contributed by atoms with van der Waals surface area (Å²) >= 11 is 0. The van der Waals surface area contributed by atoms with Crippen molar-refractivity contribution in [2.75, 3.05) is 47.5 Å². The largest absolute Gasteiger partial charge is 0.756 e. The molecule has 0 rings (SSSR count). The zero-order valence-electron chi connectivity index (χ0n) is 38.1. The minimum Gasteiger partial charge on any atom is -0.756 e. The summed E-state index contributed by atoms with van der Waals surface area (Å²) in [5.74, 6) is -0.980. The van der Waals surface area contributed by atoms with Crippen molar-refractivity contribution in [3.05, 3.63) is 109 Å². The van der Waals surface area contributed by atoms with E-state index in [1.54, 1.807) is 0 Å². The highest BCUT2D eigenvalue weighted by atomic mass is 31.2.